The van der Waals surface area contributed by atoms with Gasteiger partial charge >= 0.3 is 0 Å². The molecule has 1 unspecified atom stereocenters. The average Bonchev–Trinajstić information content (AvgIpc) is 3.22. The molecule has 1 aliphatic heterocycles. The molecular weight excluding hydrogens is 236 g/mol. The fourth-order valence-corrected chi connectivity index (χ4v) is 2.92. The maximum atomic E-state index is 11.9. The van der Waals surface area contributed by atoms with Crippen molar-refractivity contribution in [2.75, 3.05) is 13.1 Å². The first-order chi connectivity index (χ1) is 9.28. The number of amides is 1. The van der Waals surface area contributed by atoms with E-state index in [0.29, 0.717) is 6.04 Å². The Morgan fingerprint density at radius 2 is 2.26 bits per heavy atom. The van der Waals surface area contributed by atoms with Crippen molar-refractivity contribution in [3.05, 3.63) is 34.9 Å². The van der Waals surface area contributed by atoms with Crippen LogP contribution in [0.5, 0.6) is 0 Å². The monoisotopic (exact) mass is 258 g/mol. The maximum Gasteiger partial charge on any atom is 0.251 e. The van der Waals surface area contributed by atoms with Crippen molar-refractivity contribution in [3.63, 3.8) is 0 Å². The van der Waals surface area contributed by atoms with E-state index in [1.165, 1.54) is 30.4 Å². The highest BCUT2D eigenvalue weighted by molar-refractivity contribution is 5.96. The molecule has 0 spiro atoms. The summed E-state index contributed by atoms with van der Waals surface area (Å²) in [5.41, 5.74) is 3.33. The van der Waals surface area contributed by atoms with Crippen LogP contribution in [0.2, 0.25) is 0 Å². The second-order valence-corrected chi connectivity index (χ2v) is 5.71. The predicted octanol–water partition coefficient (Wildman–Crippen LogP) is 2.42. The lowest BCUT2D eigenvalue weighted by Gasteiger charge is -2.22. The molecule has 2 N–H and O–H groups in total. The van der Waals surface area contributed by atoms with Gasteiger partial charge in [0.05, 0.1) is 0 Å². The molecule has 3 rings (SSSR count). The minimum absolute atomic E-state index is 0.0878. The molecule has 2 aliphatic rings. The third-order valence-corrected chi connectivity index (χ3v) is 4.18. The molecule has 1 saturated carbocycles. The van der Waals surface area contributed by atoms with E-state index in [0.717, 1.165) is 31.0 Å². The van der Waals surface area contributed by atoms with Crippen molar-refractivity contribution >= 4 is 5.91 Å². The van der Waals surface area contributed by atoms with Gasteiger partial charge in [0.2, 0.25) is 0 Å². The average molecular weight is 258 g/mol. The summed E-state index contributed by atoms with van der Waals surface area (Å²) < 4.78 is 0. The first-order valence-electron chi connectivity index (χ1n) is 7.42. The van der Waals surface area contributed by atoms with Crippen molar-refractivity contribution in [1.29, 1.82) is 0 Å². The van der Waals surface area contributed by atoms with Crippen LogP contribution >= 0.6 is 0 Å². The zero-order valence-electron chi connectivity index (χ0n) is 11.5. The van der Waals surface area contributed by atoms with Crippen molar-refractivity contribution < 1.29 is 4.79 Å². The van der Waals surface area contributed by atoms with Crippen LogP contribution in [0.15, 0.2) is 18.2 Å². The molecule has 1 aromatic rings. The Balaban J connectivity index is 1.85. The first kappa shape index (κ1) is 12.7. The topological polar surface area (TPSA) is 41.1 Å². The number of rotatable bonds is 5. The third kappa shape index (κ3) is 2.81. The molecule has 1 heterocycles. The maximum absolute atomic E-state index is 11.9. The smallest absolute Gasteiger partial charge is 0.251 e. The van der Waals surface area contributed by atoms with Gasteiger partial charge in [-0.1, -0.05) is 31.9 Å². The van der Waals surface area contributed by atoms with Crippen LogP contribution in [0.3, 0.4) is 0 Å². The van der Waals surface area contributed by atoms with Gasteiger partial charge in [0.15, 0.2) is 0 Å². The molecule has 0 aromatic heterocycles. The van der Waals surface area contributed by atoms with Gasteiger partial charge < -0.3 is 10.6 Å². The molecule has 1 fully saturated rings. The van der Waals surface area contributed by atoms with Gasteiger partial charge in [-0.15, -0.1) is 0 Å². The molecule has 102 valence electrons. The quantitative estimate of drug-likeness (QED) is 0.851. The Bertz CT molecular complexity index is 480. The molecule has 3 heteroatoms. The number of benzene rings is 1. The summed E-state index contributed by atoms with van der Waals surface area (Å²) in [6.45, 7) is 3.88. The molecular formula is C16H22N2O. The van der Waals surface area contributed by atoms with Gasteiger partial charge in [-0.05, 0) is 42.5 Å². The van der Waals surface area contributed by atoms with Crippen molar-refractivity contribution in [2.45, 2.75) is 38.6 Å². The Hall–Kier alpha value is -1.35. The Kier molecular flexibility index (Phi) is 3.56. The van der Waals surface area contributed by atoms with E-state index in [1.54, 1.807) is 0 Å². The van der Waals surface area contributed by atoms with Crippen molar-refractivity contribution in [3.8, 4) is 0 Å². The van der Waals surface area contributed by atoms with Crippen molar-refractivity contribution in [1.82, 2.24) is 10.6 Å². The molecule has 0 bridgehead atoms. The first-order valence-corrected chi connectivity index (χ1v) is 7.42. The van der Waals surface area contributed by atoms with Crippen LogP contribution in [-0.4, -0.2) is 19.0 Å². The second kappa shape index (κ2) is 5.33. The number of fused-ring (bicyclic) bond motifs is 1. The van der Waals surface area contributed by atoms with Gasteiger partial charge in [0.25, 0.3) is 5.91 Å². The number of carbonyl (C=O) groups excluding carboxylic acids is 1. The summed E-state index contributed by atoms with van der Waals surface area (Å²) >= 11 is 0. The fraction of sp³-hybridized carbons (Fsp3) is 0.562. The zero-order valence-corrected chi connectivity index (χ0v) is 11.5. The predicted molar refractivity (Wildman–Crippen MR) is 76.2 cm³/mol. The Morgan fingerprint density at radius 1 is 1.42 bits per heavy atom. The van der Waals surface area contributed by atoms with E-state index in [1.807, 2.05) is 0 Å². The number of hydrogen-bond donors (Lipinski definition) is 2. The lowest BCUT2D eigenvalue weighted by molar-refractivity contribution is 0.0946. The van der Waals surface area contributed by atoms with E-state index < -0.39 is 0 Å². The SMILES string of the molecule is CCNC(CC1CC1)c1ccc2c(c1)C(=O)NCC2. The summed E-state index contributed by atoms with van der Waals surface area (Å²) in [5.74, 6) is 0.971. The van der Waals surface area contributed by atoms with Gasteiger partial charge in [0.1, 0.15) is 0 Å². The van der Waals surface area contributed by atoms with Gasteiger partial charge in [-0.2, -0.15) is 0 Å². The molecule has 0 saturated heterocycles. The van der Waals surface area contributed by atoms with Crippen molar-refractivity contribution in [2.24, 2.45) is 5.92 Å². The highest BCUT2D eigenvalue weighted by atomic mass is 16.1. The Morgan fingerprint density at radius 3 is 3.00 bits per heavy atom. The van der Waals surface area contributed by atoms with Crippen LogP contribution in [0.1, 0.15) is 53.7 Å². The molecule has 0 radical (unpaired) electrons. The normalized spacial score (nSPS) is 19.7. The molecule has 3 nitrogen and oxygen atoms in total. The lowest BCUT2D eigenvalue weighted by atomic mass is 9.93. The van der Waals surface area contributed by atoms with Gasteiger partial charge in [-0.25, -0.2) is 0 Å². The van der Waals surface area contributed by atoms with E-state index in [2.05, 4.69) is 35.8 Å². The highest BCUT2D eigenvalue weighted by Gasteiger charge is 2.27. The minimum Gasteiger partial charge on any atom is -0.352 e. The second-order valence-electron chi connectivity index (χ2n) is 5.71. The van der Waals surface area contributed by atoms with E-state index >= 15 is 0 Å². The zero-order chi connectivity index (χ0) is 13.2. The molecule has 1 atom stereocenters. The summed E-state index contributed by atoms with van der Waals surface area (Å²) in [6.07, 6.45) is 4.89. The third-order valence-electron chi connectivity index (χ3n) is 4.18. The molecule has 19 heavy (non-hydrogen) atoms. The minimum atomic E-state index is 0.0878. The Labute approximate surface area is 114 Å². The highest BCUT2D eigenvalue weighted by Crippen LogP contribution is 2.38. The van der Waals surface area contributed by atoms with Crippen LogP contribution in [-0.2, 0) is 6.42 Å². The summed E-state index contributed by atoms with van der Waals surface area (Å²) in [4.78, 5) is 11.9. The molecule has 1 aromatic carbocycles. The standard InChI is InChI=1S/C16H22N2O/c1-2-17-15(9-11-3-4-11)13-6-5-12-7-8-18-16(19)14(12)10-13/h5-6,10-11,15,17H,2-4,7-9H2,1H3,(H,18,19). The number of nitrogens with one attached hydrogen (secondary N) is 2. The van der Waals surface area contributed by atoms with Gasteiger partial charge in [-0.3, -0.25) is 4.79 Å². The van der Waals surface area contributed by atoms with Crippen LogP contribution in [0.4, 0.5) is 0 Å². The van der Waals surface area contributed by atoms with Crippen LogP contribution in [0, 0.1) is 5.92 Å². The van der Waals surface area contributed by atoms with E-state index in [-0.39, 0.29) is 5.91 Å². The number of hydrogen-bond acceptors (Lipinski definition) is 2. The van der Waals surface area contributed by atoms with Crippen LogP contribution < -0.4 is 10.6 Å². The lowest BCUT2D eigenvalue weighted by Crippen LogP contribution is -2.32. The fourth-order valence-electron chi connectivity index (χ4n) is 2.92. The molecule has 1 aliphatic carbocycles. The van der Waals surface area contributed by atoms with Crippen LogP contribution in [0.25, 0.3) is 0 Å². The summed E-state index contributed by atoms with van der Waals surface area (Å²) in [6, 6.07) is 6.84. The summed E-state index contributed by atoms with van der Waals surface area (Å²) in [5, 5.41) is 6.49. The largest absolute Gasteiger partial charge is 0.352 e. The van der Waals surface area contributed by atoms with E-state index in [4.69, 9.17) is 0 Å². The summed E-state index contributed by atoms with van der Waals surface area (Å²) in [7, 11) is 0. The molecule has 1 amide bonds. The van der Waals surface area contributed by atoms with E-state index in [9.17, 15) is 4.79 Å². The number of carbonyl (C=O) groups is 1. The van der Waals surface area contributed by atoms with Gasteiger partial charge in [0, 0.05) is 18.2 Å².